The lowest BCUT2D eigenvalue weighted by Crippen LogP contribution is -2.53. The van der Waals surface area contributed by atoms with Gasteiger partial charge in [0.15, 0.2) is 0 Å². The predicted octanol–water partition coefficient (Wildman–Crippen LogP) is -0.336. The summed E-state index contributed by atoms with van der Waals surface area (Å²) in [6.45, 7) is 11.6. The summed E-state index contributed by atoms with van der Waals surface area (Å²) in [7, 11) is 0. The van der Waals surface area contributed by atoms with Crippen molar-refractivity contribution in [2.45, 2.75) is 13.8 Å². The van der Waals surface area contributed by atoms with Crippen LogP contribution in [-0.4, -0.2) is 67.4 Å². The maximum Gasteiger partial charge on any atom is 0.234 e. The topological polar surface area (TPSA) is 78.7 Å². The Morgan fingerprint density at radius 2 is 1.90 bits per heavy atom. The zero-order valence-electron chi connectivity index (χ0n) is 13.2. The SMILES string of the molecule is C=CCNC(=O)CN1CCN(C(=O)C(CN)C(C)C)CC1. The van der Waals surface area contributed by atoms with Crippen LogP contribution in [0.5, 0.6) is 0 Å². The Kier molecular flexibility index (Phi) is 7.39. The van der Waals surface area contributed by atoms with Crippen LogP contribution in [0.4, 0.5) is 0 Å². The maximum atomic E-state index is 12.4. The van der Waals surface area contributed by atoms with E-state index in [-0.39, 0.29) is 23.7 Å². The summed E-state index contributed by atoms with van der Waals surface area (Å²) in [6.07, 6.45) is 1.66. The Morgan fingerprint density at radius 1 is 1.29 bits per heavy atom. The molecule has 1 aliphatic heterocycles. The number of amides is 2. The van der Waals surface area contributed by atoms with Crippen molar-refractivity contribution in [1.29, 1.82) is 0 Å². The highest BCUT2D eigenvalue weighted by molar-refractivity contribution is 5.80. The van der Waals surface area contributed by atoms with E-state index in [2.05, 4.69) is 16.8 Å². The summed E-state index contributed by atoms with van der Waals surface area (Å²) in [5, 5.41) is 2.76. The van der Waals surface area contributed by atoms with Crippen LogP contribution >= 0.6 is 0 Å². The van der Waals surface area contributed by atoms with Crippen molar-refractivity contribution in [1.82, 2.24) is 15.1 Å². The second-order valence-electron chi connectivity index (χ2n) is 5.78. The second-order valence-corrected chi connectivity index (χ2v) is 5.78. The van der Waals surface area contributed by atoms with Crippen molar-refractivity contribution >= 4 is 11.8 Å². The van der Waals surface area contributed by atoms with Crippen LogP contribution in [0.3, 0.4) is 0 Å². The summed E-state index contributed by atoms with van der Waals surface area (Å²) in [5.74, 6) is 0.289. The molecule has 1 unspecified atom stereocenters. The first-order chi connectivity index (χ1) is 9.99. The minimum Gasteiger partial charge on any atom is -0.352 e. The monoisotopic (exact) mass is 296 g/mol. The van der Waals surface area contributed by atoms with Crippen molar-refractivity contribution in [2.75, 3.05) is 45.8 Å². The molecule has 3 N–H and O–H groups in total. The fourth-order valence-electron chi connectivity index (χ4n) is 2.46. The molecule has 120 valence electrons. The molecule has 1 saturated heterocycles. The van der Waals surface area contributed by atoms with Crippen LogP contribution in [0.25, 0.3) is 0 Å². The van der Waals surface area contributed by atoms with Gasteiger partial charge in [0.1, 0.15) is 0 Å². The predicted molar refractivity (Wildman–Crippen MR) is 83.6 cm³/mol. The number of nitrogens with one attached hydrogen (secondary N) is 1. The van der Waals surface area contributed by atoms with E-state index in [1.807, 2.05) is 18.7 Å². The van der Waals surface area contributed by atoms with E-state index in [1.54, 1.807) is 6.08 Å². The van der Waals surface area contributed by atoms with E-state index in [4.69, 9.17) is 5.73 Å². The van der Waals surface area contributed by atoms with Gasteiger partial charge in [-0.15, -0.1) is 6.58 Å². The Bertz CT molecular complexity index is 363. The third kappa shape index (κ3) is 5.47. The molecule has 0 aromatic rings. The molecule has 1 rings (SSSR count). The largest absolute Gasteiger partial charge is 0.352 e. The van der Waals surface area contributed by atoms with E-state index in [9.17, 15) is 9.59 Å². The standard InChI is InChI=1S/C15H28N4O2/c1-4-5-17-14(20)11-18-6-8-19(9-7-18)15(21)13(10-16)12(2)3/h4,12-13H,1,5-11,16H2,2-3H3,(H,17,20). The minimum atomic E-state index is -0.104. The molecule has 0 aromatic heterocycles. The van der Waals surface area contributed by atoms with Gasteiger partial charge in [-0.05, 0) is 5.92 Å². The first kappa shape index (κ1) is 17.7. The summed E-state index contributed by atoms with van der Waals surface area (Å²) >= 11 is 0. The summed E-state index contributed by atoms with van der Waals surface area (Å²) in [6, 6.07) is 0. The zero-order chi connectivity index (χ0) is 15.8. The molecular weight excluding hydrogens is 268 g/mol. The molecule has 0 bridgehead atoms. The summed E-state index contributed by atoms with van der Waals surface area (Å²) in [5.41, 5.74) is 5.70. The molecule has 1 fully saturated rings. The number of rotatable bonds is 7. The van der Waals surface area contributed by atoms with E-state index in [1.165, 1.54) is 0 Å². The quantitative estimate of drug-likeness (QED) is 0.630. The number of nitrogens with two attached hydrogens (primary N) is 1. The third-order valence-corrected chi connectivity index (χ3v) is 3.87. The van der Waals surface area contributed by atoms with Crippen LogP contribution < -0.4 is 11.1 Å². The van der Waals surface area contributed by atoms with Crippen molar-refractivity contribution < 1.29 is 9.59 Å². The van der Waals surface area contributed by atoms with Crippen molar-refractivity contribution in [3.8, 4) is 0 Å². The molecule has 21 heavy (non-hydrogen) atoms. The first-order valence-electron chi connectivity index (χ1n) is 7.58. The molecule has 6 heteroatoms. The van der Waals surface area contributed by atoms with Gasteiger partial charge in [-0.3, -0.25) is 14.5 Å². The van der Waals surface area contributed by atoms with E-state index in [0.717, 1.165) is 13.1 Å². The van der Waals surface area contributed by atoms with E-state index in [0.29, 0.717) is 32.7 Å². The number of hydrogen-bond donors (Lipinski definition) is 2. The van der Waals surface area contributed by atoms with Gasteiger partial charge in [0, 0.05) is 39.3 Å². The number of hydrogen-bond acceptors (Lipinski definition) is 4. The van der Waals surface area contributed by atoms with Gasteiger partial charge in [0.25, 0.3) is 0 Å². The lowest BCUT2D eigenvalue weighted by molar-refractivity contribution is -0.138. The number of carbonyl (C=O) groups is 2. The van der Waals surface area contributed by atoms with Crippen LogP contribution in [0.2, 0.25) is 0 Å². The van der Waals surface area contributed by atoms with Gasteiger partial charge in [-0.25, -0.2) is 0 Å². The smallest absolute Gasteiger partial charge is 0.234 e. The Balaban J connectivity index is 2.39. The number of piperazine rings is 1. The molecule has 1 heterocycles. The van der Waals surface area contributed by atoms with E-state index < -0.39 is 0 Å². The maximum absolute atomic E-state index is 12.4. The summed E-state index contributed by atoms with van der Waals surface area (Å²) < 4.78 is 0. The van der Waals surface area contributed by atoms with Gasteiger partial charge in [-0.1, -0.05) is 19.9 Å². The summed E-state index contributed by atoms with van der Waals surface area (Å²) in [4.78, 5) is 27.9. The first-order valence-corrected chi connectivity index (χ1v) is 7.58. The molecule has 6 nitrogen and oxygen atoms in total. The molecule has 1 aliphatic rings. The highest BCUT2D eigenvalue weighted by Crippen LogP contribution is 2.14. The van der Waals surface area contributed by atoms with Gasteiger partial charge in [0.2, 0.25) is 11.8 Å². The highest BCUT2D eigenvalue weighted by Gasteiger charge is 2.28. The van der Waals surface area contributed by atoms with Crippen molar-refractivity contribution in [3.63, 3.8) is 0 Å². The lowest BCUT2D eigenvalue weighted by atomic mass is 9.94. The van der Waals surface area contributed by atoms with Crippen LogP contribution in [0.1, 0.15) is 13.8 Å². The van der Waals surface area contributed by atoms with Gasteiger partial charge in [-0.2, -0.15) is 0 Å². The van der Waals surface area contributed by atoms with E-state index >= 15 is 0 Å². The Labute approximate surface area is 127 Å². The fraction of sp³-hybridized carbons (Fsp3) is 0.733. The Morgan fingerprint density at radius 3 is 2.38 bits per heavy atom. The van der Waals surface area contributed by atoms with Crippen LogP contribution in [0.15, 0.2) is 12.7 Å². The van der Waals surface area contributed by atoms with Gasteiger partial charge < -0.3 is 16.0 Å². The molecule has 1 atom stereocenters. The third-order valence-electron chi connectivity index (χ3n) is 3.87. The fourth-order valence-corrected chi connectivity index (χ4v) is 2.46. The van der Waals surface area contributed by atoms with Crippen LogP contribution in [-0.2, 0) is 9.59 Å². The Hall–Kier alpha value is -1.40. The van der Waals surface area contributed by atoms with Gasteiger partial charge in [0.05, 0.1) is 12.5 Å². The highest BCUT2D eigenvalue weighted by atomic mass is 16.2. The molecule has 0 saturated carbocycles. The second kappa shape index (κ2) is 8.79. The molecular formula is C15H28N4O2. The average Bonchev–Trinajstić information content (AvgIpc) is 2.46. The van der Waals surface area contributed by atoms with Crippen molar-refractivity contribution in [2.24, 2.45) is 17.6 Å². The number of nitrogens with zero attached hydrogens (tertiary/aromatic N) is 2. The molecule has 0 spiro atoms. The van der Waals surface area contributed by atoms with Gasteiger partial charge >= 0.3 is 0 Å². The molecule has 0 radical (unpaired) electrons. The normalized spacial score (nSPS) is 17.6. The lowest BCUT2D eigenvalue weighted by Gasteiger charge is -2.36. The molecule has 0 aliphatic carbocycles. The zero-order valence-corrected chi connectivity index (χ0v) is 13.2. The minimum absolute atomic E-state index is 0.00306. The molecule has 0 aromatic carbocycles. The molecule has 2 amide bonds. The van der Waals surface area contributed by atoms with Crippen LogP contribution in [0, 0.1) is 11.8 Å². The van der Waals surface area contributed by atoms with Crippen molar-refractivity contribution in [3.05, 3.63) is 12.7 Å². The number of carbonyl (C=O) groups excluding carboxylic acids is 2. The average molecular weight is 296 g/mol.